The monoisotopic (exact) mass is 295 g/mol. The minimum atomic E-state index is -0.360. The van der Waals surface area contributed by atoms with Gasteiger partial charge in [-0.05, 0) is 49.3 Å². The fourth-order valence-electron chi connectivity index (χ4n) is 3.61. The van der Waals surface area contributed by atoms with Crippen LogP contribution in [0.3, 0.4) is 0 Å². The summed E-state index contributed by atoms with van der Waals surface area (Å²) in [5.41, 5.74) is 0.731. The Kier molecular flexibility index (Phi) is 4.08. The average molecular weight is 296 g/mol. The molecule has 2 unspecified atom stereocenters. The van der Waals surface area contributed by atoms with Crippen LogP contribution in [0.5, 0.6) is 0 Å². The fraction of sp³-hybridized carbons (Fsp3) is 0.562. The number of carbonyl (C=O) groups excluding carboxylic acids is 1. The van der Waals surface area contributed by atoms with Crippen LogP contribution in [0.2, 0.25) is 5.02 Å². The maximum atomic E-state index is 13.0. The number of hydrogen-bond acceptors (Lipinski definition) is 2. The quantitative estimate of drug-likeness (QED) is 0.921. The van der Waals surface area contributed by atoms with Gasteiger partial charge in [-0.15, -0.1) is 0 Å². The Morgan fingerprint density at radius 3 is 2.65 bits per heavy atom. The van der Waals surface area contributed by atoms with E-state index < -0.39 is 0 Å². The van der Waals surface area contributed by atoms with Crippen molar-refractivity contribution in [2.75, 3.05) is 0 Å². The van der Waals surface area contributed by atoms with Crippen molar-refractivity contribution in [3.05, 3.63) is 34.6 Å². The van der Waals surface area contributed by atoms with Gasteiger partial charge in [0.15, 0.2) is 0 Å². The van der Waals surface area contributed by atoms with Crippen LogP contribution in [-0.4, -0.2) is 17.9 Å². The Bertz CT molecular complexity index is 507. The van der Waals surface area contributed by atoms with Gasteiger partial charge >= 0.3 is 0 Å². The molecule has 1 aromatic carbocycles. The molecular weight excluding hydrogens is 277 g/mol. The lowest BCUT2D eigenvalue weighted by Crippen LogP contribution is -2.38. The molecule has 0 spiro atoms. The van der Waals surface area contributed by atoms with E-state index in [1.165, 1.54) is 25.0 Å². The lowest BCUT2D eigenvalue weighted by Gasteiger charge is -2.28. The topological polar surface area (TPSA) is 29.1 Å². The van der Waals surface area contributed by atoms with E-state index in [9.17, 15) is 9.18 Å². The number of halogens is 2. The van der Waals surface area contributed by atoms with Gasteiger partial charge in [-0.1, -0.05) is 17.7 Å². The molecule has 2 heterocycles. The van der Waals surface area contributed by atoms with Crippen molar-refractivity contribution in [1.82, 2.24) is 5.32 Å². The summed E-state index contributed by atoms with van der Waals surface area (Å²) in [6.45, 7) is 0. The van der Waals surface area contributed by atoms with Crippen molar-refractivity contribution < 1.29 is 9.18 Å². The van der Waals surface area contributed by atoms with Gasteiger partial charge in [0.2, 0.25) is 0 Å². The molecule has 108 valence electrons. The number of hydrogen-bond donors (Lipinski definition) is 1. The van der Waals surface area contributed by atoms with Crippen molar-refractivity contribution in [2.45, 2.75) is 50.6 Å². The highest BCUT2D eigenvalue weighted by molar-refractivity contribution is 6.31. The minimum Gasteiger partial charge on any atom is -0.311 e. The van der Waals surface area contributed by atoms with Gasteiger partial charge in [0.1, 0.15) is 11.6 Å². The summed E-state index contributed by atoms with van der Waals surface area (Å²) in [6.07, 6.45) is 5.66. The Balaban J connectivity index is 1.57. The summed E-state index contributed by atoms with van der Waals surface area (Å²) in [5.74, 6) is 0.353. The van der Waals surface area contributed by atoms with Gasteiger partial charge in [-0.25, -0.2) is 4.39 Å². The molecule has 0 radical (unpaired) electrons. The summed E-state index contributed by atoms with van der Waals surface area (Å²) < 4.78 is 13.0. The van der Waals surface area contributed by atoms with Crippen LogP contribution in [0.25, 0.3) is 0 Å². The van der Waals surface area contributed by atoms with E-state index in [2.05, 4.69) is 5.32 Å². The van der Waals surface area contributed by atoms with Crippen molar-refractivity contribution in [3.8, 4) is 0 Å². The molecule has 20 heavy (non-hydrogen) atoms. The number of ketones is 1. The molecule has 2 fully saturated rings. The molecule has 0 saturated carbocycles. The van der Waals surface area contributed by atoms with Crippen molar-refractivity contribution in [2.24, 2.45) is 5.92 Å². The maximum absolute atomic E-state index is 13.0. The number of nitrogens with one attached hydrogen (secondary N) is 1. The van der Waals surface area contributed by atoms with Gasteiger partial charge in [-0.2, -0.15) is 0 Å². The van der Waals surface area contributed by atoms with E-state index in [-0.39, 0.29) is 11.6 Å². The zero-order valence-corrected chi connectivity index (χ0v) is 12.1. The van der Waals surface area contributed by atoms with E-state index in [0.29, 0.717) is 35.9 Å². The SMILES string of the molecule is O=C(Cc1ccc(F)cc1Cl)CC1CC2CCC(C1)N2. The van der Waals surface area contributed by atoms with Crippen LogP contribution in [0.4, 0.5) is 4.39 Å². The number of Topliss-reactive ketones (excluding diaryl/α,β-unsaturated/α-hetero) is 1. The first kappa shape index (κ1) is 14.0. The molecule has 4 heteroatoms. The molecule has 2 aliphatic heterocycles. The first-order chi connectivity index (χ1) is 9.60. The highest BCUT2D eigenvalue weighted by atomic mass is 35.5. The van der Waals surface area contributed by atoms with Gasteiger partial charge in [-0.3, -0.25) is 4.79 Å². The smallest absolute Gasteiger partial charge is 0.137 e. The van der Waals surface area contributed by atoms with E-state index in [1.807, 2.05) is 0 Å². The molecule has 0 aliphatic carbocycles. The van der Waals surface area contributed by atoms with Gasteiger partial charge in [0, 0.05) is 29.9 Å². The maximum Gasteiger partial charge on any atom is 0.137 e. The van der Waals surface area contributed by atoms with Gasteiger partial charge < -0.3 is 5.32 Å². The minimum absolute atomic E-state index is 0.213. The lowest BCUT2D eigenvalue weighted by molar-refractivity contribution is -0.119. The predicted octanol–water partition coefficient (Wildman–Crippen LogP) is 3.51. The van der Waals surface area contributed by atoms with E-state index in [4.69, 9.17) is 11.6 Å². The largest absolute Gasteiger partial charge is 0.311 e. The molecule has 0 amide bonds. The second-order valence-electron chi connectivity index (χ2n) is 6.13. The number of rotatable bonds is 4. The fourth-order valence-corrected chi connectivity index (χ4v) is 3.85. The van der Waals surface area contributed by atoms with Crippen molar-refractivity contribution in [3.63, 3.8) is 0 Å². The third kappa shape index (κ3) is 3.21. The third-order valence-corrected chi connectivity index (χ3v) is 4.84. The van der Waals surface area contributed by atoms with Crippen LogP contribution in [0.1, 0.15) is 37.7 Å². The van der Waals surface area contributed by atoms with Crippen molar-refractivity contribution in [1.29, 1.82) is 0 Å². The number of fused-ring (bicyclic) bond motifs is 2. The Morgan fingerprint density at radius 1 is 1.30 bits per heavy atom. The normalized spacial score (nSPS) is 28.6. The summed E-state index contributed by atoms with van der Waals surface area (Å²) in [4.78, 5) is 12.2. The van der Waals surface area contributed by atoms with E-state index in [1.54, 1.807) is 6.07 Å². The van der Waals surface area contributed by atoms with Gasteiger partial charge in [0.05, 0.1) is 0 Å². The molecule has 2 bridgehead atoms. The van der Waals surface area contributed by atoms with E-state index >= 15 is 0 Å². The zero-order valence-electron chi connectivity index (χ0n) is 11.4. The highest BCUT2D eigenvalue weighted by Gasteiger charge is 2.34. The molecule has 3 rings (SSSR count). The number of carbonyl (C=O) groups is 1. The first-order valence-electron chi connectivity index (χ1n) is 7.32. The molecular formula is C16H19ClFNO. The molecule has 2 atom stereocenters. The summed E-state index contributed by atoms with van der Waals surface area (Å²) >= 11 is 5.97. The standard InChI is InChI=1S/C16H19ClFNO/c17-16-9-12(18)2-1-11(16)8-15(20)7-10-5-13-3-4-14(6-10)19-13/h1-2,9-10,13-14,19H,3-8H2. The second-order valence-corrected chi connectivity index (χ2v) is 6.54. The van der Waals surface area contributed by atoms with E-state index in [0.717, 1.165) is 18.4 Å². The molecule has 1 aromatic rings. The predicted molar refractivity (Wildman–Crippen MR) is 77.4 cm³/mol. The van der Waals surface area contributed by atoms with Gasteiger partial charge in [0.25, 0.3) is 0 Å². The molecule has 2 saturated heterocycles. The van der Waals surface area contributed by atoms with Crippen LogP contribution in [0, 0.1) is 11.7 Å². The number of benzene rings is 1. The Morgan fingerprint density at radius 2 is 2.00 bits per heavy atom. The van der Waals surface area contributed by atoms with Crippen LogP contribution in [-0.2, 0) is 11.2 Å². The van der Waals surface area contributed by atoms with Crippen LogP contribution < -0.4 is 5.32 Å². The summed E-state index contributed by atoms with van der Waals surface area (Å²) in [7, 11) is 0. The molecule has 0 aromatic heterocycles. The van der Waals surface area contributed by atoms with Crippen LogP contribution in [0.15, 0.2) is 18.2 Å². The summed E-state index contributed by atoms with van der Waals surface area (Å²) in [5, 5.41) is 3.94. The Hall–Kier alpha value is -0.930. The second kappa shape index (κ2) is 5.82. The average Bonchev–Trinajstić information content (AvgIpc) is 2.72. The zero-order chi connectivity index (χ0) is 14.1. The molecule has 2 aliphatic rings. The van der Waals surface area contributed by atoms with Crippen molar-refractivity contribution >= 4 is 17.4 Å². The Labute approximate surface area is 123 Å². The third-order valence-electron chi connectivity index (χ3n) is 4.49. The number of piperidine rings is 1. The lowest BCUT2D eigenvalue weighted by atomic mass is 9.87. The molecule has 2 nitrogen and oxygen atoms in total. The first-order valence-corrected chi connectivity index (χ1v) is 7.69. The highest BCUT2D eigenvalue weighted by Crippen LogP contribution is 2.33. The molecule has 1 N–H and O–H groups in total. The summed E-state index contributed by atoms with van der Waals surface area (Å²) in [6, 6.07) is 5.47. The van der Waals surface area contributed by atoms with Crippen LogP contribution >= 0.6 is 11.6 Å².